The van der Waals surface area contributed by atoms with Gasteiger partial charge in [0.15, 0.2) is 0 Å². The van der Waals surface area contributed by atoms with Gasteiger partial charge in [-0.1, -0.05) is 59.1 Å². The van der Waals surface area contributed by atoms with Gasteiger partial charge in [-0.05, 0) is 56.0 Å². The highest BCUT2D eigenvalue weighted by Crippen LogP contribution is 2.39. The standard InChI is InChI=1S/C23H23BO2/c1-13-9-17(10-14(2)22(13)24)21(19-7-5-6-8-20(19)25)18-11-15(3)23(26)16(4)12-18/h5-12,21,25-26H,1-4H3. The molecule has 0 heterocycles. The number of para-hydroxylation sites is 1. The number of hydrogen-bond donors (Lipinski definition) is 2. The van der Waals surface area contributed by atoms with Gasteiger partial charge in [-0.25, -0.2) is 0 Å². The zero-order chi connectivity index (χ0) is 19.0. The van der Waals surface area contributed by atoms with E-state index in [0.717, 1.165) is 44.4 Å². The van der Waals surface area contributed by atoms with Crippen LogP contribution in [0.2, 0.25) is 0 Å². The van der Waals surface area contributed by atoms with Gasteiger partial charge in [0.25, 0.3) is 0 Å². The van der Waals surface area contributed by atoms with E-state index in [1.807, 2.05) is 58.0 Å². The summed E-state index contributed by atoms with van der Waals surface area (Å²) in [7, 11) is 6.14. The minimum Gasteiger partial charge on any atom is -0.508 e. The lowest BCUT2D eigenvalue weighted by atomic mass is 9.79. The normalized spacial score (nSPS) is 12.2. The molecule has 0 aliphatic heterocycles. The van der Waals surface area contributed by atoms with Crippen LogP contribution < -0.4 is 5.46 Å². The fraction of sp³-hybridized carbons (Fsp3) is 0.217. The van der Waals surface area contributed by atoms with Crippen LogP contribution in [0.1, 0.15) is 44.9 Å². The Morgan fingerprint density at radius 3 is 1.69 bits per heavy atom. The number of benzene rings is 3. The van der Waals surface area contributed by atoms with Crippen LogP contribution in [0, 0.1) is 27.7 Å². The molecule has 1 unspecified atom stereocenters. The second-order valence-corrected chi connectivity index (χ2v) is 7.06. The van der Waals surface area contributed by atoms with Crippen LogP contribution in [0.15, 0.2) is 48.5 Å². The van der Waals surface area contributed by atoms with Crippen molar-refractivity contribution in [3.63, 3.8) is 0 Å². The molecule has 130 valence electrons. The van der Waals surface area contributed by atoms with Crippen LogP contribution in [0.3, 0.4) is 0 Å². The van der Waals surface area contributed by atoms with Gasteiger partial charge in [-0.3, -0.25) is 0 Å². The van der Waals surface area contributed by atoms with Gasteiger partial charge in [0.05, 0.1) is 0 Å². The minimum absolute atomic E-state index is 0.146. The van der Waals surface area contributed by atoms with Crippen LogP contribution in [0.4, 0.5) is 0 Å². The zero-order valence-electron chi connectivity index (χ0n) is 15.7. The molecule has 2 nitrogen and oxygen atoms in total. The van der Waals surface area contributed by atoms with Gasteiger partial charge in [0.2, 0.25) is 0 Å². The molecule has 0 saturated carbocycles. The van der Waals surface area contributed by atoms with Crippen LogP contribution >= 0.6 is 0 Å². The minimum atomic E-state index is -0.146. The molecule has 0 amide bonds. The van der Waals surface area contributed by atoms with Gasteiger partial charge in [-0.2, -0.15) is 0 Å². The predicted octanol–water partition coefficient (Wildman–Crippen LogP) is 4.31. The van der Waals surface area contributed by atoms with Crippen LogP contribution in [-0.4, -0.2) is 18.1 Å². The Labute approximate surface area is 156 Å². The average Bonchev–Trinajstić information content (AvgIpc) is 2.59. The molecule has 1 atom stereocenters. The van der Waals surface area contributed by atoms with Crippen molar-refractivity contribution in [3.8, 4) is 11.5 Å². The summed E-state index contributed by atoms with van der Waals surface area (Å²) in [5.41, 5.74) is 7.42. The molecule has 0 aromatic heterocycles. The van der Waals surface area contributed by atoms with Gasteiger partial charge in [0, 0.05) is 11.5 Å². The van der Waals surface area contributed by atoms with Crippen molar-refractivity contribution in [1.82, 2.24) is 0 Å². The highest BCUT2D eigenvalue weighted by Gasteiger charge is 2.22. The molecule has 2 N–H and O–H groups in total. The van der Waals surface area contributed by atoms with E-state index < -0.39 is 0 Å². The van der Waals surface area contributed by atoms with Gasteiger partial charge < -0.3 is 10.2 Å². The summed E-state index contributed by atoms with van der Waals surface area (Å²) in [6.07, 6.45) is 0. The quantitative estimate of drug-likeness (QED) is 0.550. The predicted molar refractivity (Wildman–Crippen MR) is 108 cm³/mol. The summed E-state index contributed by atoms with van der Waals surface area (Å²) in [5, 5.41) is 20.7. The summed E-state index contributed by atoms with van der Waals surface area (Å²) < 4.78 is 0. The Kier molecular flexibility index (Phi) is 4.82. The maximum Gasteiger partial charge on any atom is 0.121 e. The number of aryl methyl sites for hydroxylation is 4. The summed E-state index contributed by atoms with van der Waals surface area (Å²) in [4.78, 5) is 0. The molecule has 2 radical (unpaired) electrons. The molecule has 3 rings (SSSR count). The molecule has 3 aromatic rings. The van der Waals surface area contributed by atoms with E-state index in [0.29, 0.717) is 5.75 Å². The summed E-state index contributed by atoms with van der Waals surface area (Å²) in [6, 6.07) is 15.5. The third-order valence-corrected chi connectivity index (χ3v) is 5.04. The van der Waals surface area contributed by atoms with E-state index >= 15 is 0 Å². The molecule has 0 spiro atoms. The lowest BCUT2D eigenvalue weighted by Gasteiger charge is -2.23. The Hall–Kier alpha value is -2.68. The molecule has 0 fully saturated rings. The van der Waals surface area contributed by atoms with Crippen molar-refractivity contribution >= 4 is 13.3 Å². The zero-order valence-corrected chi connectivity index (χ0v) is 15.7. The van der Waals surface area contributed by atoms with Gasteiger partial charge in [0.1, 0.15) is 19.3 Å². The average molecular weight is 342 g/mol. The van der Waals surface area contributed by atoms with E-state index in [1.165, 1.54) is 0 Å². The fourth-order valence-corrected chi connectivity index (χ4v) is 3.61. The van der Waals surface area contributed by atoms with Crippen molar-refractivity contribution in [2.75, 3.05) is 0 Å². The molecule has 26 heavy (non-hydrogen) atoms. The van der Waals surface area contributed by atoms with Crippen molar-refractivity contribution in [1.29, 1.82) is 0 Å². The second-order valence-electron chi connectivity index (χ2n) is 7.06. The van der Waals surface area contributed by atoms with E-state index in [4.69, 9.17) is 7.85 Å². The number of rotatable bonds is 3. The maximum absolute atomic E-state index is 10.5. The third kappa shape index (κ3) is 3.22. The van der Waals surface area contributed by atoms with Crippen LogP contribution in [-0.2, 0) is 0 Å². The number of aromatic hydroxyl groups is 2. The highest BCUT2D eigenvalue weighted by atomic mass is 16.3. The van der Waals surface area contributed by atoms with Crippen molar-refractivity contribution in [2.45, 2.75) is 33.6 Å². The van der Waals surface area contributed by atoms with E-state index in [-0.39, 0.29) is 11.7 Å². The monoisotopic (exact) mass is 342 g/mol. The number of hydrogen-bond acceptors (Lipinski definition) is 2. The molecular formula is C23H23BO2. The smallest absolute Gasteiger partial charge is 0.121 e. The fourth-order valence-electron chi connectivity index (χ4n) is 3.61. The summed E-state index contributed by atoms with van der Waals surface area (Å²) in [6.45, 7) is 7.79. The van der Waals surface area contributed by atoms with Crippen molar-refractivity contribution in [3.05, 3.63) is 87.5 Å². The first-order valence-corrected chi connectivity index (χ1v) is 8.74. The molecule has 0 aliphatic carbocycles. The topological polar surface area (TPSA) is 40.5 Å². The van der Waals surface area contributed by atoms with Gasteiger partial charge >= 0.3 is 0 Å². The highest BCUT2D eigenvalue weighted by molar-refractivity contribution is 6.34. The van der Waals surface area contributed by atoms with Gasteiger partial charge in [-0.15, -0.1) is 0 Å². The first-order chi connectivity index (χ1) is 12.3. The first-order valence-electron chi connectivity index (χ1n) is 8.74. The molecule has 3 aromatic carbocycles. The number of phenols is 2. The van der Waals surface area contributed by atoms with Crippen LogP contribution in [0.5, 0.6) is 11.5 Å². The number of phenolic OH excluding ortho intramolecular Hbond substituents is 2. The lowest BCUT2D eigenvalue weighted by Crippen LogP contribution is -2.14. The first kappa shape index (κ1) is 18.1. The Balaban J connectivity index is 2.30. The van der Waals surface area contributed by atoms with Crippen molar-refractivity contribution < 1.29 is 10.2 Å². The Morgan fingerprint density at radius 1 is 0.731 bits per heavy atom. The maximum atomic E-state index is 10.5. The molecule has 0 aliphatic rings. The summed E-state index contributed by atoms with van der Waals surface area (Å²) >= 11 is 0. The van der Waals surface area contributed by atoms with E-state index in [9.17, 15) is 10.2 Å². The van der Waals surface area contributed by atoms with Crippen molar-refractivity contribution in [2.24, 2.45) is 0 Å². The van der Waals surface area contributed by atoms with E-state index in [1.54, 1.807) is 6.07 Å². The molecule has 0 saturated heterocycles. The Morgan fingerprint density at radius 2 is 1.19 bits per heavy atom. The Bertz CT molecular complexity index is 872. The largest absolute Gasteiger partial charge is 0.508 e. The SMILES string of the molecule is [B]c1c(C)cc(C(c2cc(C)c(O)c(C)c2)c2ccccc2O)cc1C. The van der Waals surface area contributed by atoms with Crippen LogP contribution in [0.25, 0.3) is 0 Å². The third-order valence-electron chi connectivity index (χ3n) is 5.04. The lowest BCUT2D eigenvalue weighted by molar-refractivity contribution is 0.465. The van der Waals surface area contributed by atoms with E-state index in [2.05, 4.69) is 12.1 Å². The second kappa shape index (κ2) is 6.91. The molecular weight excluding hydrogens is 319 g/mol. The molecule has 3 heteroatoms. The molecule has 0 bridgehead atoms. The summed E-state index contributed by atoms with van der Waals surface area (Å²) in [5.74, 6) is 0.426.